The average molecular weight is 247 g/mol. The summed E-state index contributed by atoms with van der Waals surface area (Å²) in [6, 6.07) is 7.52. The zero-order valence-electron chi connectivity index (χ0n) is 11.1. The summed E-state index contributed by atoms with van der Waals surface area (Å²) < 4.78 is 5.57. The van der Waals surface area contributed by atoms with E-state index in [2.05, 4.69) is 5.32 Å². The van der Waals surface area contributed by atoms with Gasteiger partial charge in [0.05, 0.1) is 6.10 Å². The Labute approximate surface area is 109 Å². The third-order valence-corrected chi connectivity index (χ3v) is 3.22. The van der Waals surface area contributed by atoms with Crippen LogP contribution in [0, 0.1) is 5.92 Å². The second-order valence-corrected chi connectivity index (χ2v) is 5.08. The van der Waals surface area contributed by atoms with E-state index in [0.717, 1.165) is 37.2 Å². The highest BCUT2D eigenvalue weighted by molar-refractivity contribution is 5.98. The number of nitrogens with one attached hydrogen (secondary N) is 1. The predicted molar refractivity (Wildman–Crippen MR) is 72.1 cm³/mol. The molecule has 3 heteroatoms. The fourth-order valence-electron chi connectivity index (χ4n) is 2.29. The quantitative estimate of drug-likeness (QED) is 0.831. The van der Waals surface area contributed by atoms with Gasteiger partial charge in [-0.25, -0.2) is 0 Å². The minimum atomic E-state index is 0.163. The van der Waals surface area contributed by atoms with E-state index in [1.165, 1.54) is 0 Å². The zero-order valence-corrected chi connectivity index (χ0v) is 11.1. The minimum absolute atomic E-state index is 0.163. The van der Waals surface area contributed by atoms with Crippen molar-refractivity contribution in [2.45, 2.75) is 32.8 Å². The number of benzene rings is 1. The summed E-state index contributed by atoms with van der Waals surface area (Å²) in [6.45, 7) is 5.89. The van der Waals surface area contributed by atoms with Crippen LogP contribution in [0.25, 0.3) is 0 Å². The number of carbonyl (C=O) groups excluding carboxylic acids is 1. The van der Waals surface area contributed by atoms with Gasteiger partial charge in [0, 0.05) is 11.5 Å². The molecule has 0 bridgehead atoms. The Morgan fingerprint density at radius 1 is 1.22 bits per heavy atom. The van der Waals surface area contributed by atoms with E-state index >= 15 is 0 Å². The van der Waals surface area contributed by atoms with Crippen LogP contribution in [0.1, 0.15) is 37.0 Å². The number of Topliss-reactive ketones (excluding diaryl/α,β-unsaturated/α-hetero) is 1. The van der Waals surface area contributed by atoms with Crippen molar-refractivity contribution in [2.24, 2.45) is 5.92 Å². The fraction of sp³-hybridized carbons (Fsp3) is 0.533. The number of carbonyl (C=O) groups is 1. The lowest BCUT2D eigenvalue weighted by atomic mass is 9.90. The van der Waals surface area contributed by atoms with Crippen molar-refractivity contribution in [3.63, 3.8) is 0 Å². The van der Waals surface area contributed by atoms with Gasteiger partial charge in [-0.3, -0.25) is 4.79 Å². The molecule has 1 N–H and O–H groups in total. The van der Waals surface area contributed by atoms with Crippen LogP contribution in [0.2, 0.25) is 0 Å². The van der Waals surface area contributed by atoms with Gasteiger partial charge < -0.3 is 10.1 Å². The monoisotopic (exact) mass is 247 g/mol. The highest BCUT2D eigenvalue weighted by atomic mass is 16.5. The molecule has 0 amide bonds. The van der Waals surface area contributed by atoms with Crippen LogP contribution in [0.15, 0.2) is 24.3 Å². The van der Waals surface area contributed by atoms with E-state index in [1.807, 2.05) is 38.1 Å². The molecule has 1 saturated heterocycles. The topological polar surface area (TPSA) is 38.3 Å². The van der Waals surface area contributed by atoms with Crippen molar-refractivity contribution in [3.05, 3.63) is 29.8 Å². The molecular formula is C15H21NO2. The van der Waals surface area contributed by atoms with Crippen molar-refractivity contribution in [3.8, 4) is 5.75 Å². The molecule has 1 aromatic rings. The molecule has 0 aromatic heterocycles. The first-order valence-electron chi connectivity index (χ1n) is 6.68. The zero-order chi connectivity index (χ0) is 13.0. The molecule has 18 heavy (non-hydrogen) atoms. The van der Waals surface area contributed by atoms with Crippen LogP contribution in [0.4, 0.5) is 0 Å². The van der Waals surface area contributed by atoms with Gasteiger partial charge in [-0.1, -0.05) is 0 Å². The molecule has 1 aliphatic heterocycles. The fourth-order valence-corrected chi connectivity index (χ4v) is 2.29. The van der Waals surface area contributed by atoms with E-state index in [9.17, 15) is 4.79 Å². The molecule has 3 nitrogen and oxygen atoms in total. The summed E-state index contributed by atoms with van der Waals surface area (Å²) in [5.74, 6) is 1.28. The maximum Gasteiger partial charge on any atom is 0.166 e. The summed E-state index contributed by atoms with van der Waals surface area (Å²) in [6.07, 6.45) is 2.06. The van der Waals surface area contributed by atoms with Gasteiger partial charge in [0.15, 0.2) is 5.78 Å². The van der Waals surface area contributed by atoms with Crippen LogP contribution in [-0.2, 0) is 0 Å². The van der Waals surface area contributed by atoms with Gasteiger partial charge in [-0.05, 0) is 64.0 Å². The first-order valence-corrected chi connectivity index (χ1v) is 6.68. The van der Waals surface area contributed by atoms with Crippen LogP contribution in [0.3, 0.4) is 0 Å². The summed E-state index contributed by atoms with van der Waals surface area (Å²) in [4.78, 5) is 12.3. The number of piperidine rings is 1. The average Bonchev–Trinajstić information content (AvgIpc) is 2.39. The molecule has 1 aliphatic rings. The van der Waals surface area contributed by atoms with E-state index < -0.39 is 0 Å². The Kier molecular flexibility index (Phi) is 4.37. The van der Waals surface area contributed by atoms with Gasteiger partial charge in [0.25, 0.3) is 0 Å². The van der Waals surface area contributed by atoms with Gasteiger partial charge in [-0.2, -0.15) is 0 Å². The SMILES string of the molecule is CC(C)Oc1ccc(C(=O)C2CCNCC2)cc1. The molecule has 0 atom stereocenters. The normalized spacial score (nSPS) is 16.8. The van der Waals surface area contributed by atoms with Crippen molar-refractivity contribution in [1.29, 1.82) is 0 Å². The molecule has 1 fully saturated rings. The third kappa shape index (κ3) is 3.33. The lowest BCUT2D eigenvalue weighted by Gasteiger charge is -2.21. The molecule has 0 radical (unpaired) electrons. The van der Waals surface area contributed by atoms with Crippen molar-refractivity contribution in [1.82, 2.24) is 5.32 Å². The highest BCUT2D eigenvalue weighted by Gasteiger charge is 2.21. The number of ketones is 1. The molecule has 0 aliphatic carbocycles. The standard InChI is InChI=1S/C15H21NO2/c1-11(2)18-14-5-3-12(4-6-14)15(17)13-7-9-16-10-8-13/h3-6,11,13,16H,7-10H2,1-2H3. The summed E-state index contributed by atoms with van der Waals surface area (Å²) in [5.41, 5.74) is 0.804. The van der Waals surface area contributed by atoms with Crippen molar-refractivity contribution in [2.75, 3.05) is 13.1 Å². The Bertz CT molecular complexity index is 391. The number of ether oxygens (including phenoxy) is 1. The smallest absolute Gasteiger partial charge is 0.166 e. The Morgan fingerprint density at radius 2 is 1.83 bits per heavy atom. The van der Waals surface area contributed by atoms with Crippen LogP contribution in [0.5, 0.6) is 5.75 Å². The molecule has 1 heterocycles. The first-order chi connectivity index (χ1) is 8.66. The molecule has 2 rings (SSSR count). The Hall–Kier alpha value is -1.35. The summed E-state index contributed by atoms with van der Waals surface area (Å²) >= 11 is 0. The maximum atomic E-state index is 12.3. The van der Waals surface area contributed by atoms with Gasteiger partial charge >= 0.3 is 0 Å². The number of rotatable bonds is 4. The number of hydrogen-bond acceptors (Lipinski definition) is 3. The van der Waals surface area contributed by atoms with E-state index in [-0.39, 0.29) is 17.8 Å². The second kappa shape index (κ2) is 6.01. The van der Waals surface area contributed by atoms with Gasteiger partial charge in [0.2, 0.25) is 0 Å². The van der Waals surface area contributed by atoms with Crippen LogP contribution < -0.4 is 10.1 Å². The largest absolute Gasteiger partial charge is 0.491 e. The second-order valence-electron chi connectivity index (χ2n) is 5.08. The molecule has 0 unspecified atom stereocenters. The maximum absolute atomic E-state index is 12.3. The molecule has 1 aromatic carbocycles. The molecule has 0 saturated carbocycles. The minimum Gasteiger partial charge on any atom is -0.491 e. The molecule has 0 spiro atoms. The number of hydrogen-bond donors (Lipinski definition) is 1. The predicted octanol–water partition coefficient (Wildman–Crippen LogP) is 2.66. The van der Waals surface area contributed by atoms with E-state index in [1.54, 1.807) is 0 Å². The Balaban J connectivity index is 2.02. The van der Waals surface area contributed by atoms with Crippen molar-refractivity contribution < 1.29 is 9.53 Å². The van der Waals surface area contributed by atoms with Crippen LogP contribution in [-0.4, -0.2) is 25.0 Å². The first kappa shape index (κ1) is 13.1. The summed E-state index contributed by atoms with van der Waals surface area (Å²) in [7, 11) is 0. The van der Waals surface area contributed by atoms with E-state index in [0.29, 0.717) is 0 Å². The molecule has 98 valence electrons. The van der Waals surface area contributed by atoms with E-state index in [4.69, 9.17) is 4.74 Å². The lowest BCUT2D eigenvalue weighted by Crippen LogP contribution is -2.31. The molecular weight excluding hydrogens is 226 g/mol. The lowest BCUT2D eigenvalue weighted by molar-refractivity contribution is 0.0895. The third-order valence-electron chi connectivity index (χ3n) is 3.22. The van der Waals surface area contributed by atoms with Gasteiger partial charge in [0.1, 0.15) is 5.75 Å². The highest BCUT2D eigenvalue weighted by Crippen LogP contribution is 2.20. The Morgan fingerprint density at radius 3 is 2.39 bits per heavy atom. The van der Waals surface area contributed by atoms with Crippen molar-refractivity contribution >= 4 is 5.78 Å². The van der Waals surface area contributed by atoms with Crippen LogP contribution >= 0.6 is 0 Å². The summed E-state index contributed by atoms with van der Waals surface area (Å²) in [5, 5.41) is 3.28. The van der Waals surface area contributed by atoms with Gasteiger partial charge in [-0.15, -0.1) is 0 Å².